The van der Waals surface area contributed by atoms with Crippen LogP contribution in [0.1, 0.15) is 13.3 Å². The minimum Gasteiger partial charge on any atom is -0.490 e. The maximum atomic E-state index is 13.0. The standard InChI is InChI=1S/C20H21N3O4/c1-13(21-14-7-8-17-18(11-14)27-10-4-9-26-17)20(25)23-12-19(24)22-15-5-2-3-6-16(15)23/h2-3,5-8,11,13,21H,4,9-10,12H2,1H3,(H,22,24)/t13-/m0/s1. The highest BCUT2D eigenvalue weighted by molar-refractivity contribution is 6.11. The van der Waals surface area contributed by atoms with E-state index in [-0.39, 0.29) is 18.4 Å². The maximum Gasteiger partial charge on any atom is 0.249 e. The van der Waals surface area contributed by atoms with E-state index in [1.54, 1.807) is 13.0 Å². The van der Waals surface area contributed by atoms with Crippen molar-refractivity contribution in [2.24, 2.45) is 0 Å². The first-order valence-corrected chi connectivity index (χ1v) is 8.98. The molecule has 2 N–H and O–H groups in total. The third-order valence-corrected chi connectivity index (χ3v) is 4.54. The summed E-state index contributed by atoms with van der Waals surface area (Å²) in [5.74, 6) is 0.993. The molecule has 1 atom stereocenters. The average Bonchev–Trinajstić information content (AvgIpc) is 2.91. The number of hydrogen-bond acceptors (Lipinski definition) is 5. The molecule has 0 fully saturated rings. The zero-order valence-electron chi connectivity index (χ0n) is 15.0. The van der Waals surface area contributed by atoms with Crippen LogP contribution in [0.3, 0.4) is 0 Å². The van der Waals surface area contributed by atoms with Crippen LogP contribution in [0.2, 0.25) is 0 Å². The molecule has 0 bridgehead atoms. The molecule has 2 amide bonds. The summed E-state index contributed by atoms with van der Waals surface area (Å²) < 4.78 is 11.3. The summed E-state index contributed by atoms with van der Waals surface area (Å²) in [7, 11) is 0. The number of fused-ring (bicyclic) bond motifs is 2. The molecule has 2 aliphatic heterocycles. The van der Waals surface area contributed by atoms with Crippen LogP contribution in [0.15, 0.2) is 42.5 Å². The molecule has 2 aromatic rings. The average molecular weight is 367 g/mol. The second kappa shape index (κ2) is 7.19. The van der Waals surface area contributed by atoms with Gasteiger partial charge in [-0.2, -0.15) is 0 Å². The van der Waals surface area contributed by atoms with Crippen molar-refractivity contribution in [2.45, 2.75) is 19.4 Å². The van der Waals surface area contributed by atoms with Crippen LogP contribution < -0.4 is 25.0 Å². The van der Waals surface area contributed by atoms with E-state index in [0.29, 0.717) is 36.1 Å². The molecule has 27 heavy (non-hydrogen) atoms. The molecule has 0 saturated carbocycles. The lowest BCUT2D eigenvalue weighted by Gasteiger charge is -2.31. The Bertz CT molecular complexity index is 883. The summed E-state index contributed by atoms with van der Waals surface area (Å²) in [6, 6.07) is 12.3. The van der Waals surface area contributed by atoms with Gasteiger partial charge >= 0.3 is 0 Å². The Kier molecular flexibility index (Phi) is 4.58. The fourth-order valence-corrected chi connectivity index (χ4v) is 3.23. The number of rotatable bonds is 3. The van der Waals surface area contributed by atoms with E-state index in [1.807, 2.05) is 36.4 Å². The molecule has 0 saturated heterocycles. The molecule has 0 radical (unpaired) electrons. The van der Waals surface area contributed by atoms with Crippen LogP contribution in [0.25, 0.3) is 0 Å². The lowest BCUT2D eigenvalue weighted by Crippen LogP contribution is -2.47. The summed E-state index contributed by atoms with van der Waals surface area (Å²) >= 11 is 0. The SMILES string of the molecule is C[C@H](Nc1ccc2c(c1)OCCCO2)C(=O)N1CC(=O)Nc2ccccc21. The zero-order chi connectivity index (χ0) is 18.8. The Labute approximate surface area is 157 Å². The molecule has 2 aromatic carbocycles. The van der Waals surface area contributed by atoms with Gasteiger partial charge < -0.3 is 20.1 Å². The number of hydrogen-bond donors (Lipinski definition) is 2. The highest BCUT2D eigenvalue weighted by atomic mass is 16.5. The number of carbonyl (C=O) groups is 2. The minimum atomic E-state index is -0.520. The van der Waals surface area contributed by atoms with Crippen molar-refractivity contribution in [3.63, 3.8) is 0 Å². The van der Waals surface area contributed by atoms with Gasteiger partial charge in [-0.05, 0) is 31.2 Å². The van der Waals surface area contributed by atoms with Gasteiger partial charge in [-0.15, -0.1) is 0 Å². The molecule has 7 heteroatoms. The summed E-state index contributed by atoms with van der Waals surface area (Å²) in [6.45, 7) is 3.01. The van der Waals surface area contributed by atoms with Gasteiger partial charge in [0.25, 0.3) is 0 Å². The zero-order valence-corrected chi connectivity index (χ0v) is 15.0. The molecular formula is C20H21N3O4. The van der Waals surface area contributed by atoms with Gasteiger partial charge in [0.2, 0.25) is 11.8 Å². The molecule has 4 rings (SSSR count). The summed E-state index contributed by atoms with van der Waals surface area (Å²) in [5.41, 5.74) is 2.11. The fraction of sp³-hybridized carbons (Fsp3) is 0.300. The Hall–Kier alpha value is -3.22. The molecule has 0 aromatic heterocycles. The van der Waals surface area contributed by atoms with E-state index in [4.69, 9.17) is 9.47 Å². The molecule has 0 spiro atoms. The minimum absolute atomic E-state index is 0.00298. The number of para-hydroxylation sites is 2. The van der Waals surface area contributed by atoms with Crippen molar-refractivity contribution in [3.8, 4) is 11.5 Å². The van der Waals surface area contributed by atoms with Crippen molar-refractivity contribution in [2.75, 3.05) is 35.3 Å². The normalized spacial score (nSPS) is 16.6. The van der Waals surface area contributed by atoms with E-state index >= 15 is 0 Å². The number of nitrogens with zero attached hydrogens (tertiary/aromatic N) is 1. The van der Waals surface area contributed by atoms with Crippen molar-refractivity contribution in [3.05, 3.63) is 42.5 Å². The van der Waals surface area contributed by atoms with E-state index in [9.17, 15) is 9.59 Å². The number of carbonyl (C=O) groups excluding carboxylic acids is 2. The summed E-state index contributed by atoms with van der Waals surface area (Å²) in [6.07, 6.45) is 0.836. The third kappa shape index (κ3) is 3.53. The first kappa shape index (κ1) is 17.2. The topological polar surface area (TPSA) is 79.9 Å². The van der Waals surface area contributed by atoms with E-state index in [2.05, 4.69) is 10.6 Å². The molecule has 2 aliphatic rings. The molecular weight excluding hydrogens is 346 g/mol. The lowest BCUT2D eigenvalue weighted by atomic mass is 10.1. The highest BCUT2D eigenvalue weighted by Crippen LogP contribution is 2.33. The van der Waals surface area contributed by atoms with Crippen molar-refractivity contribution < 1.29 is 19.1 Å². The summed E-state index contributed by atoms with van der Waals surface area (Å²) in [4.78, 5) is 26.4. The van der Waals surface area contributed by atoms with Crippen molar-refractivity contribution >= 4 is 28.9 Å². The van der Waals surface area contributed by atoms with Gasteiger partial charge in [0.1, 0.15) is 12.6 Å². The first-order valence-electron chi connectivity index (χ1n) is 8.98. The monoisotopic (exact) mass is 367 g/mol. The number of ether oxygens (including phenoxy) is 2. The first-order chi connectivity index (χ1) is 13.1. The lowest BCUT2D eigenvalue weighted by molar-refractivity contribution is -0.122. The second-order valence-corrected chi connectivity index (χ2v) is 6.57. The van der Waals surface area contributed by atoms with E-state index in [1.165, 1.54) is 4.90 Å². The van der Waals surface area contributed by atoms with Gasteiger partial charge in [0.05, 0.1) is 24.6 Å². The number of nitrogens with one attached hydrogen (secondary N) is 2. The van der Waals surface area contributed by atoms with Crippen LogP contribution in [0.5, 0.6) is 11.5 Å². The van der Waals surface area contributed by atoms with Crippen LogP contribution >= 0.6 is 0 Å². The van der Waals surface area contributed by atoms with Crippen LogP contribution in [0, 0.1) is 0 Å². The van der Waals surface area contributed by atoms with Crippen LogP contribution in [-0.2, 0) is 9.59 Å². The Balaban J connectivity index is 1.52. The maximum absolute atomic E-state index is 13.0. The van der Waals surface area contributed by atoms with E-state index in [0.717, 1.165) is 12.1 Å². The molecule has 0 aliphatic carbocycles. The predicted molar refractivity (Wildman–Crippen MR) is 103 cm³/mol. The van der Waals surface area contributed by atoms with Gasteiger partial charge in [-0.3, -0.25) is 14.5 Å². The van der Waals surface area contributed by atoms with Gasteiger partial charge in [-0.1, -0.05) is 12.1 Å². The summed E-state index contributed by atoms with van der Waals surface area (Å²) in [5, 5.41) is 5.99. The molecule has 7 nitrogen and oxygen atoms in total. The smallest absolute Gasteiger partial charge is 0.249 e. The molecule has 140 valence electrons. The predicted octanol–water partition coefficient (Wildman–Crippen LogP) is 2.63. The van der Waals surface area contributed by atoms with Gasteiger partial charge in [-0.25, -0.2) is 0 Å². The number of anilines is 3. The quantitative estimate of drug-likeness (QED) is 0.872. The Morgan fingerprint density at radius 3 is 2.78 bits per heavy atom. The Morgan fingerprint density at radius 2 is 1.93 bits per heavy atom. The van der Waals surface area contributed by atoms with Crippen molar-refractivity contribution in [1.29, 1.82) is 0 Å². The van der Waals surface area contributed by atoms with Crippen LogP contribution in [0.4, 0.5) is 17.1 Å². The van der Waals surface area contributed by atoms with Gasteiger partial charge in [0.15, 0.2) is 11.5 Å². The second-order valence-electron chi connectivity index (χ2n) is 6.57. The number of benzene rings is 2. The van der Waals surface area contributed by atoms with Crippen LogP contribution in [-0.4, -0.2) is 37.6 Å². The van der Waals surface area contributed by atoms with Gasteiger partial charge in [0, 0.05) is 18.2 Å². The Morgan fingerprint density at radius 1 is 1.15 bits per heavy atom. The fourth-order valence-electron chi connectivity index (χ4n) is 3.23. The van der Waals surface area contributed by atoms with Crippen molar-refractivity contribution in [1.82, 2.24) is 0 Å². The third-order valence-electron chi connectivity index (χ3n) is 4.54. The molecule has 0 unspecified atom stereocenters. The number of amides is 2. The van der Waals surface area contributed by atoms with E-state index < -0.39 is 6.04 Å². The highest BCUT2D eigenvalue weighted by Gasteiger charge is 2.29. The molecule has 2 heterocycles. The largest absolute Gasteiger partial charge is 0.490 e.